The van der Waals surface area contributed by atoms with Crippen LogP contribution in [0.2, 0.25) is 0 Å². The van der Waals surface area contributed by atoms with Crippen LogP contribution < -0.4 is 10.6 Å². The molecule has 0 aliphatic heterocycles. The predicted octanol–water partition coefficient (Wildman–Crippen LogP) is 1.59. The van der Waals surface area contributed by atoms with Crippen molar-refractivity contribution >= 4 is 17.3 Å². The third kappa shape index (κ3) is 2.20. The fraction of sp³-hybridized carbons (Fsp3) is 0.231. The van der Waals surface area contributed by atoms with Gasteiger partial charge >= 0.3 is 0 Å². The summed E-state index contributed by atoms with van der Waals surface area (Å²) >= 11 is 0. The molecule has 1 heterocycles. The lowest BCUT2D eigenvalue weighted by Gasteiger charge is -2.17. The van der Waals surface area contributed by atoms with Crippen LogP contribution in [0.25, 0.3) is 0 Å². The molecule has 18 heavy (non-hydrogen) atoms. The lowest BCUT2D eigenvalue weighted by Crippen LogP contribution is -2.26. The number of aryl methyl sites for hydroxylation is 2. The Morgan fingerprint density at radius 3 is 2.72 bits per heavy atom. The molecule has 1 aromatic heterocycles. The zero-order valence-electron chi connectivity index (χ0n) is 10.7. The van der Waals surface area contributed by atoms with Gasteiger partial charge in [0.05, 0.1) is 11.3 Å². The van der Waals surface area contributed by atoms with Crippen LogP contribution in [0.3, 0.4) is 0 Å². The first-order valence-electron chi connectivity index (χ1n) is 5.63. The summed E-state index contributed by atoms with van der Waals surface area (Å²) in [6.45, 7) is 1.82. The summed E-state index contributed by atoms with van der Waals surface area (Å²) in [6, 6.07) is 7.23. The van der Waals surface area contributed by atoms with E-state index in [9.17, 15) is 4.79 Å². The highest BCUT2D eigenvalue weighted by Crippen LogP contribution is 2.19. The Balaban J connectivity index is 2.32. The molecule has 0 saturated carbocycles. The zero-order chi connectivity index (χ0) is 13.3. The number of nitrogens with two attached hydrogens (primary N) is 1. The fourth-order valence-electron chi connectivity index (χ4n) is 1.84. The second kappa shape index (κ2) is 4.52. The molecule has 0 bridgehead atoms. The van der Waals surface area contributed by atoms with Crippen LogP contribution in [-0.4, -0.2) is 22.7 Å². The number of anilines is 2. The van der Waals surface area contributed by atoms with Crippen LogP contribution in [0.1, 0.15) is 16.1 Å². The van der Waals surface area contributed by atoms with Crippen molar-refractivity contribution in [1.29, 1.82) is 0 Å². The van der Waals surface area contributed by atoms with Gasteiger partial charge in [-0.25, -0.2) is 0 Å². The van der Waals surface area contributed by atoms with Crippen molar-refractivity contribution < 1.29 is 4.79 Å². The molecule has 2 aromatic rings. The Kier molecular flexibility index (Phi) is 3.06. The van der Waals surface area contributed by atoms with Gasteiger partial charge in [-0.2, -0.15) is 5.10 Å². The van der Waals surface area contributed by atoms with Crippen molar-refractivity contribution in [1.82, 2.24) is 9.78 Å². The third-order valence-electron chi connectivity index (χ3n) is 2.81. The minimum Gasteiger partial charge on any atom is -0.399 e. The molecule has 0 unspecified atom stereocenters. The number of hydrogen-bond acceptors (Lipinski definition) is 3. The van der Waals surface area contributed by atoms with Gasteiger partial charge in [-0.05, 0) is 25.1 Å². The van der Waals surface area contributed by atoms with Crippen LogP contribution >= 0.6 is 0 Å². The highest BCUT2D eigenvalue weighted by Gasteiger charge is 2.18. The summed E-state index contributed by atoms with van der Waals surface area (Å²) < 4.78 is 1.63. The number of benzene rings is 1. The van der Waals surface area contributed by atoms with Crippen molar-refractivity contribution in [3.8, 4) is 0 Å². The number of carbonyl (C=O) groups is 1. The van der Waals surface area contributed by atoms with Crippen molar-refractivity contribution in [3.05, 3.63) is 41.7 Å². The van der Waals surface area contributed by atoms with Gasteiger partial charge in [-0.1, -0.05) is 6.07 Å². The molecule has 5 heteroatoms. The van der Waals surface area contributed by atoms with E-state index in [4.69, 9.17) is 5.73 Å². The molecule has 0 aliphatic rings. The summed E-state index contributed by atoms with van der Waals surface area (Å²) in [7, 11) is 3.52. The SMILES string of the molecule is Cc1nn(C)cc1C(=O)N(C)c1cccc(N)c1. The summed E-state index contributed by atoms with van der Waals surface area (Å²) in [4.78, 5) is 13.9. The average molecular weight is 244 g/mol. The number of carbonyl (C=O) groups excluding carboxylic acids is 1. The maximum absolute atomic E-state index is 12.3. The normalized spacial score (nSPS) is 10.4. The molecule has 0 spiro atoms. The predicted molar refractivity (Wildman–Crippen MR) is 71.5 cm³/mol. The van der Waals surface area contributed by atoms with E-state index in [1.807, 2.05) is 19.1 Å². The number of rotatable bonds is 2. The summed E-state index contributed by atoms with van der Waals surface area (Å²) in [6.07, 6.45) is 1.72. The van der Waals surface area contributed by atoms with E-state index in [0.29, 0.717) is 11.3 Å². The fourth-order valence-corrected chi connectivity index (χ4v) is 1.84. The van der Waals surface area contributed by atoms with Crippen molar-refractivity contribution in [2.75, 3.05) is 17.7 Å². The number of amides is 1. The second-order valence-electron chi connectivity index (χ2n) is 4.26. The van der Waals surface area contributed by atoms with Gasteiger partial charge in [0, 0.05) is 31.7 Å². The molecule has 0 fully saturated rings. The minimum atomic E-state index is -0.0915. The number of nitrogen functional groups attached to an aromatic ring is 1. The Morgan fingerprint density at radius 2 is 2.17 bits per heavy atom. The molecule has 5 nitrogen and oxygen atoms in total. The van der Waals surface area contributed by atoms with E-state index in [-0.39, 0.29) is 5.91 Å². The molecular formula is C13H16N4O. The maximum Gasteiger partial charge on any atom is 0.261 e. The van der Waals surface area contributed by atoms with Crippen molar-refractivity contribution in [2.45, 2.75) is 6.92 Å². The Hall–Kier alpha value is -2.30. The minimum absolute atomic E-state index is 0.0915. The zero-order valence-corrected chi connectivity index (χ0v) is 10.7. The van der Waals surface area contributed by atoms with Gasteiger partial charge in [0.2, 0.25) is 0 Å². The quantitative estimate of drug-likeness (QED) is 0.816. The smallest absolute Gasteiger partial charge is 0.261 e. The van der Waals surface area contributed by atoms with Crippen LogP contribution in [0.4, 0.5) is 11.4 Å². The highest BCUT2D eigenvalue weighted by molar-refractivity contribution is 6.06. The van der Waals surface area contributed by atoms with Crippen LogP contribution in [0.15, 0.2) is 30.5 Å². The van der Waals surface area contributed by atoms with E-state index >= 15 is 0 Å². The molecule has 0 atom stereocenters. The summed E-state index contributed by atoms with van der Waals surface area (Å²) in [5, 5.41) is 4.17. The largest absolute Gasteiger partial charge is 0.399 e. The van der Waals surface area contributed by atoms with Crippen molar-refractivity contribution in [3.63, 3.8) is 0 Å². The maximum atomic E-state index is 12.3. The number of hydrogen-bond donors (Lipinski definition) is 1. The Labute approximate surface area is 106 Å². The number of aromatic nitrogens is 2. The molecule has 1 aromatic carbocycles. The Morgan fingerprint density at radius 1 is 1.44 bits per heavy atom. The van der Waals surface area contributed by atoms with Crippen LogP contribution in [0.5, 0.6) is 0 Å². The lowest BCUT2D eigenvalue weighted by molar-refractivity contribution is 0.0992. The van der Waals surface area contributed by atoms with Crippen LogP contribution in [0, 0.1) is 6.92 Å². The van der Waals surface area contributed by atoms with Crippen LogP contribution in [-0.2, 0) is 7.05 Å². The van der Waals surface area contributed by atoms with E-state index < -0.39 is 0 Å². The summed E-state index contributed by atoms with van der Waals surface area (Å²) in [5.41, 5.74) is 8.44. The molecule has 2 N–H and O–H groups in total. The standard InChI is InChI=1S/C13H16N4O/c1-9-12(8-16(2)15-9)13(18)17(3)11-6-4-5-10(14)7-11/h4-8H,14H2,1-3H3. The van der Waals surface area contributed by atoms with E-state index in [1.54, 1.807) is 42.0 Å². The summed E-state index contributed by atoms with van der Waals surface area (Å²) in [5.74, 6) is -0.0915. The Bertz CT molecular complexity index is 588. The first-order valence-corrected chi connectivity index (χ1v) is 5.63. The van der Waals surface area contributed by atoms with Gasteiger partial charge in [-0.3, -0.25) is 9.48 Å². The second-order valence-corrected chi connectivity index (χ2v) is 4.26. The van der Waals surface area contributed by atoms with Crippen molar-refractivity contribution in [2.24, 2.45) is 7.05 Å². The molecule has 0 aliphatic carbocycles. The monoisotopic (exact) mass is 244 g/mol. The molecule has 0 radical (unpaired) electrons. The van der Waals surface area contributed by atoms with E-state index in [0.717, 1.165) is 11.4 Å². The van der Waals surface area contributed by atoms with Gasteiger partial charge in [0.25, 0.3) is 5.91 Å². The average Bonchev–Trinajstić information content (AvgIpc) is 2.66. The van der Waals surface area contributed by atoms with Gasteiger partial charge in [0.15, 0.2) is 0 Å². The molecule has 2 rings (SSSR count). The third-order valence-corrected chi connectivity index (χ3v) is 2.81. The molecule has 0 saturated heterocycles. The first kappa shape index (κ1) is 12.2. The van der Waals surface area contributed by atoms with E-state index in [1.165, 1.54) is 0 Å². The number of nitrogens with zero attached hydrogens (tertiary/aromatic N) is 3. The first-order chi connectivity index (χ1) is 8.49. The lowest BCUT2D eigenvalue weighted by atomic mass is 10.2. The highest BCUT2D eigenvalue weighted by atomic mass is 16.2. The molecule has 1 amide bonds. The molecular weight excluding hydrogens is 228 g/mol. The van der Waals surface area contributed by atoms with E-state index in [2.05, 4.69) is 5.10 Å². The van der Waals surface area contributed by atoms with Gasteiger partial charge < -0.3 is 10.6 Å². The molecule has 94 valence electrons. The van der Waals surface area contributed by atoms with Gasteiger partial charge in [0.1, 0.15) is 0 Å². The topological polar surface area (TPSA) is 64.2 Å². The van der Waals surface area contributed by atoms with Gasteiger partial charge in [-0.15, -0.1) is 0 Å².